The predicted octanol–water partition coefficient (Wildman–Crippen LogP) is 3.12. The van der Waals surface area contributed by atoms with Crippen LogP contribution in [0.25, 0.3) is 10.9 Å². The van der Waals surface area contributed by atoms with Gasteiger partial charge in [-0.1, -0.05) is 6.07 Å². The number of aromatic amines is 1. The molecule has 0 saturated carbocycles. The Morgan fingerprint density at radius 3 is 2.81 bits per heavy atom. The zero-order chi connectivity index (χ0) is 18.8. The number of fused-ring (bicyclic) bond motifs is 1. The number of anilines is 2. The van der Waals surface area contributed by atoms with E-state index in [1.165, 1.54) is 29.3 Å². The van der Waals surface area contributed by atoms with Crippen molar-refractivity contribution >= 4 is 22.5 Å². The Kier molecular flexibility index (Phi) is 4.99. The highest BCUT2D eigenvalue weighted by Gasteiger charge is 2.24. The second-order valence-corrected chi connectivity index (χ2v) is 7.67. The van der Waals surface area contributed by atoms with Gasteiger partial charge in [-0.2, -0.15) is 0 Å². The van der Waals surface area contributed by atoms with E-state index in [-0.39, 0.29) is 0 Å². The molecule has 0 amide bonds. The summed E-state index contributed by atoms with van der Waals surface area (Å²) in [6.45, 7) is 3.21. The van der Waals surface area contributed by atoms with Crippen molar-refractivity contribution < 1.29 is 0 Å². The van der Waals surface area contributed by atoms with Crippen LogP contribution in [0.15, 0.2) is 42.9 Å². The first-order chi connectivity index (χ1) is 13.1. The Labute approximate surface area is 160 Å². The molecule has 1 atom stereocenters. The molecule has 0 aliphatic carbocycles. The van der Waals surface area contributed by atoms with Crippen LogP contribution in [0.4, 0.5) is 11.6 Å². The molecule has 0 spiro atoms. The number of hydrogen-bond acceptors (Lipinski definition) is 5. The molecule has 1 unspecified atom stereocenters. The number of benzene rings is 1. The molecule has 2 aromatic heterocycles. The number of nitrogens with one attached hydrogen (secondary N) is 1. The maximum absolute atomic E-state index is 4.50. The van der Waals surface area contributed by atoms with Crippen molar-refractivity contribution in [3.8, 4) is 0 Å². The zero-order valence-electron chi connectivity index (χ0n) is 16.4. The van der Waals surface area contributed by atoms with Crippen LogP contribution >= 0.6 is 0 Å². The van der Waals surface area contributed by atoms with Crippen LogP contribution in [-0.4, -0.2) is 60.1 Å². The topological polar surface area (TPSA) is 51.3 Å². The van der Waals surface area contributed by atoms with Gasteiger partial charge in [0.25, 0.3) is 0 Å². The highest BCUT2D eigenvalue weighted by Crippen LogP contribution is 2.23. The number of rotatable bonds is 5. The molecule has 0 radical (unpaired) electrons. The van der Waals surface area contributed by atoms with Crippen LogP contribution in [0, 0.1) is 0 Å². The lowest BCUT2D eigenvalue weighted by atomic mass is 10.0. The monoisotopic (exact) mass is 364 g/mol. The van der Waals surface area contributed by atoms with Gasteiger partial charge in [0.1, 0.15) is 18.0 Å². The lowest BCUT2D eigenvalue weighted by Crippen LogP contribution is -2.46. The summed E-state index contributed by atoms with van der Waals surface area (Å²) in [7, 11) is 6.17. The van der Waals surface area contributed by atoms with Crippen LogP contribution in [0.5, 0.6) is 0 Å². The summed E-state index contributed by atoms with van der Waals surface area (Å²) < 4.78 is 0. The van der Waals surface area contributed by atoms with Crippen LogP contribution in [0.3, 0.4) is 0 Å². The summed E-state index contributed by atoms with van der Waals surface area (Å²) in [5.74, 6) is 1.94. The van der Waals surface area contributed by atoms with E-state index in [4.69, 9.17) is 0 Å². The highest BCUT2D eigenvalue weighted by molar-refractivity contribution is 5.79. The fraction of sp³-hybridized carbons (Fsp3) is 0.429. The van der Waals surface area contributed by atoms with Gasteiger partial charge >= 0.3 is 0 Å². The molecule has 6 heteroatoms. The second kappa shape index (κ2) is 7.56. The van der Waals surface area contributed by atoms with E-state index >= 15 is 0 Å². The van der Waals surface area contributed by atoms with Crippen molar-refractivity contribution in [3.05, 3.63) is 48.4 Å². The Morgan fingerprint density at radius 1 is 1.11 bits per heavy atom. The molecule has 1 N–H and O–H groups in total. The number of hydrogen-bond donors (Lipinski definition) is 1. The van der Waals surface area contributed by atoms with Crippen LogP contribution < -0.4 is 9.80 Å². The summed E-state index contributed by atoms with van der Waals surface area (Å²) in [6.07, 6.45) is 6.08. The van der Waals surface area contributed by atoms with Gasteiger partial charge in [-0.05, 0) is 48.5 Å². The number of likely N-dealkylation sites (tertiary alicyclic amines) is 1. The Bertz CT molecular complexity index is 902. The van der Waals surface area contributed by atoms with E-state index in [1.807, 2.05) is 25.2 Å². The summed E-state index contributed by atoms with van der Waals surface area (Å²) in [5, 5.41) is 1.29. The molecule has 1 aliphatic heterocycles. The largest absolute Gasteiger partial charge is 0.363 e. The number of piperidine rings is 1. The summed E-state index contributed by atoms with van der Waals surface area (Å²) in [6, 6.07) is 11.4. The van der Waals surface area contributed by atoms with Gasteiger partial charge in [-0.3, -0.25) is 4.90 Å². The first-order valence-corrected chi connectivity index (χ1v) is 9.61. The molecule has 6 nitrogen and oxygen atoms in total. The van der Waals surface area contributed by atoms with Gasteiger partial charge in [0, 0.05) is 58.1 Å². The quantitative estimate of drug-likeness (QED) is 0.754. The standard InChI is InChI=1S/C21H28N6/c1-25(2)20-12-21(24-15-23-20)26(3)18-5-4-10-27(14-18)13-16-6-7-19-17(11-16)8-9-22-19/h6-9,11-12,15,18,22H,4-5,10,13-14H2,1-3H3. The molecule has 0 bridgehead atoms. The lowest BCUT2D eigenvalue weighted by molar-refractivity contribution is 0.198. The number of nitrogens with zero attached hydrogens (tertiary/aromatic N) is 5. The second-order valence-electron chi connectivity index (χ2n) is 7.67. The van der Waals surface area contributed by atoms with E-state index in [2.05, 4.69) is 62.1 Å². The lowest BCUT2D eigenvalue weighted by Gasteiger charge is -2.38. The molecular formula is C21H28N6. The highest BCUT2D eigenvalue weighted by atomic mass is 15.3. The fourth-order valence-corrected chi connectivity index (χ4v) is 3.91. The Morgan fingerprint density at radius 2 is 1.96 bits per heavy atom. The average Bonchev–Trinajstić information content (AvgIpc) is 3.15. The molecule has 1 fully saturated rings. The van der Waals surface area contributed by atoms with Crippen molar-refractivity contribution in [1.29, 1.82) is 0 Å². The third kappa shape index (κ3) is 3.90. The molecule has 1 saturated heterocycles. The van der Waals surface area contributed by atoms with Crippen molar-refractivity contribution in [2.24, 2.45) is 0 Å². The first-order valence-electron chi connectivity index (χ1n) is 9.61. The fourth-order valence-electron chi connectivity index (χ4n) is 3.91. The number of aromatic nitrogens is 3. The van der Waals surface area contributed by atoms with E-state index < -0.39 is 0 Å². The van der Waals surface area contributed by atoms with Gasteiger partial charge in [0.15, 0.2) is 0 Å². The van der Waals surface area contributed by atoms with Crippen LogP contribution in [0.1, 0.15) is 18.4 Å². The maximum Gasteiger partial charge on any atom is 0.134 e. The van der Waals surface area contributed by atoms with Crippen molar-refractivity contribution in [2.45, 2.75) is 25.4 Å². The normalized spacial score (nSPS) is 18.0. The van der Waals surface area contributed by atoms with Crippen molar-refractivity contribution in [2.75, 3.05) is 44.0 Å². The predicted molar refractivity (Wildman–Crippen MR) is 111 cm³/mol. The minimum absolute atomic E-state index is 0.472. The molecule has 3 aromatic rings. The van der Waals surface area contributed by atoms with Crippen LogP contribution in [0.2, 0.25) is 0 Å². The number of H-pyrrole nitrogens is 1. The molecule has 1 aliphatic rings. The van der Waals surface area contributed by atoms with Gasteiger partial charge in [-0.25, -0.2) is 9.97 Å². The van der Waals surface area contributed by atoms with E-state index in [0.29, 0.717) is 6.04 Å². The number of likely N-dealkylation sites (N-methyl/N-ethyl adjacent to an activating group) is 1. The summed E-state index contributed by atoms with van der Waals surface area (Å²) in [4.78, 5) is 19.0. The first kappa shape index (κ1) is 17.8. The SMILES string of the molecule is CN(C)c1cc(N(C)C2CCCN(Cc3ccc4[nH]ccc4c3)C2)ncn1. The zero-order valence-corrected chi connectivity index (χ0v) is 16.4. The Hall–Kier alpha value is -2.60. The third-order valence-corrected chi connectivity index (χ3v) is 5.51. The van der Waals surface area contributed by atoms with Gasteiger partial charge < -0.3 is 14.8 Å². The van der Waals surface area contributed by atoms with Crippen molar-refractivity contribution in [3.63, 3.8) is 0 Å². The molecule has 4 rings (SSSR count). The van der Waals surface area contributed by atoms with E-state index in [1.54, 1.807) is 6.33 Å². The van der Waals surface area contributed by atoms with Gasteiger partial charge in [0.05, 0.1) is 0 Å². The molecular weight excluding hydrogens is 336 g/mol. The minimum atomic E-state index is 0.472. The average molecular weight is 364 g/mol. The van der Waals surface area contributed by atoms with Gasteiger partial charge in [0.2, 0.25) is 0 Å². The van der Waals surface area contributed by atoms with Crippen molar-refractivity contribution in [1.82, 2.24) is 19.9 Å². The maximum atomic E-state index is 4.50. The molecule has 142 valence electrons. The molecule has 1 aromatic carbocycles. The third-order valence-electron chi connectivity index (χ3n) is 5.51. The summed E-state index contributed by atoms with van der Waals surface area (Å²) in [5.41, 5.74) is 2.58. The van der Waals surface area contributed by atoms with Gasteiger partial charge in [-0.15, -0.1) is 0 Å². The van der Waals surface area contributed by atoms with Crippen LogP contribution in [-0.2, 0) is 6.54 Å². The minimum Gasteiger partial charge on any atom is -0.363 e. The van der Waals surface area contributed by atoms with E-state index in [9.17, 15) is 0 Å². The molecule has 27 heavy (non-hydrogen) atoms. The van der Waals surface area contributed by atoms with E-state index in [0.717, 1.165) is 31.3 Å². The molecule has 3 heterocycles. The Balaban J connectivity index is 1.44. The summed E-state index contributed by atoms with van der Waals surface area (Å²) >= 11 is 0. The smallest absolute Gasteiger partial charge is 0.134 e.